The van der Waals surface area contributed by atoms with Crippen LogP contribution in [-0.4, -0.2) is 37.7 Å². The van der Waals surface area contributed by atoms with Gasteiger partial charge in [0.15, 0.2) is 0 Å². The summed E-state index contributed by atoms with van der Waals surface area (Å²) in [6, 6.07) is 7.37. The van der Waals surface area contributed by atoms with Gasteiger partial charge in [-0.25, -0.2) is 0 Å². The summed E-state index contributed by atoms with van der Waals surface area (Å²) >= 11 is 0. The molecule has 4 nitrogen and oxygen atoms in total. The molecule has 3 atom stereocenters. The van der Waals surface area contributed by atoms with Gasteiger partial charge in [-0.2, -0.15) is 0 Å². The van der Waals surface area contributed by atoms with Crippen LogP contribution in [0.3, 0.4) is 0 Å². The van der Waals surface area contributed by atoms with Crippen LogP contribution in [0.15, 0.2) is 24.3 Å². The average molecular weight is 245 g/mol. The molecule has 4 heteroatoms. The number of hydrogen-bond acceptors (Lipinski definition) is 4. The van der Waals surface area contributed by atoms with Crippen LogP contribution < -0.4 is 4.74 Å². The van der Waals surface area contributed by atoms with E-state index >= 15 is 0 Å². The summed E-state index contributed by atoms with van der Waals surface area (Å²) < 4.78 is 9.88. The summed E-state index contributed by atoms with van der Waals surface area (Å²) in [5, 5.41) is 0. The lowest BCUT2D eigenvalue weighted by atomic mass is 10.1. The van der Waals surface area contributed by atoms with Gasteiger partial charge in [0.25, 0.3) is 0 Å². The van der Waals surface area contributed by atoms with Gasteiger partial charge in [0.05, 0.1) is 26.8 Å². The minimum atomic E-state index is -0.264. The van der Waals surface area contributed by atoms with Crippen LogP contribution >= 0.6 is 0 Å². The summed E-state index contributed by atoms with van der Waals surface area (Å²) in [4.78, 5) is 13.5. The zero-order chi connectivity index (χ0) is 13.1. The third-order valence-corrected chi connectivity index (χ3v) is 3.10. The second-order valence-corrected chi connectivity index (χ2v) is 4.06. The van der Waals surface area contributed by atoms with E-state index in [9.17, 15) is 4.79 Å². The molecule has 1 unspecified atom stereocenters. The Bertz CT molecular complexity index is 475. The first-order chi connectivity index (χ1) is 8.72. The van der Waals surface area contributed by atoms with E-state index in [-0.39, 0.29) is 18.1 Å². The maximum atomic E-state index is 11.6. The van der Waals surface area contributed by atoms with Crippen molar-refractivity contribution in [1.82, 2.24) is 4.90 Å². The molecule has 0 amide bonds. The van der Waals surface area contributed by atoms with Crippen molar-refractivity contribution in [1.29, 1.82) is 0 Å². The Labute approximate surface area is 106 Å². The Hall–Kier alpha value is -1.99. The highest BCUT2D eigenvalue weighted by Crippen LogP contribution is 2.43. The Kier molecular flexibility index (Phi) is 3.54. The van der Waals surface area contributed by atoms with Gasteiger partial charge in [-0.1, -0.05) is 18.1 Å². The molecule has 1 aromatic rings. The van der Waals surface area contributed by atoms with Crippen molar-refractivity contribution in [3.05, 3.63) is 29.8 Å². The highest BCUT2D eigenvalue weighted by atomic mass is 16.5. The number of carbonyl (C=O) groups is 1. The molecule has 0 aliphatic carbocycles. The highest BCUT2D eigenvalue weighted by Gasteiger charge is 2.53. The number of ether oxygens (including phenoxy) is 2. The van der Waals surface area contributed by atoms with Crippen LogP contribution in [0.1, 0.15) is 11.6 Å². The van der Waals surface area contributed by atoms with Gasteiger partial charge in [-0.15, -0.1) is 6.42 Å². The lowest BCUT2D eigenvalue weighted by Gasteiger charge is -2.02. The topological polar surface area (TPSA) is 38.5 Å². The zero-order valence-electron chi connectivity index (χ0n) is 10.4. The maximum Gasteiger partial charge on any atom is 0.325 e. The lowest BCUT2D eigenvalue weighted by molar-refractivity contribution is -0.140. The Morgan fingerprint density at radius 2 is 2.06 bits per heavy atom. The van der Waals surface area contributed by atoms with Crippen molar-refractivity contribution < 1.29 is 14.3 Å². The molecule has 0 spiro atoms. The van der Waals surface area contributed by atoms with Crippen molar-refractivity contribution in [2.45, 2.75) is 12.1 Å². The zero-order valence-corrected chi connectivity index (χ0v) is 10.4. The molecule has 1 heterocycles. The second kappa shape index (κ2) is 5.11. The second-order valence-electron chi connectivity index (χ2n) is 4.06. The Balaban J connectivity index is 2.16. The number of methoxy groups -OCH3 is 2. The molecular weight excluding hydrogens is 230 g/mol. The molecule has 0 saturated carbocycles. The first-order valence-corrected chi connectivity index (χ1v) is 5.64. The van der Waals surface area contributed by atoms with Gasteiger partial charge in [0.1, 0.15) is 11.8 Å². The van der Waals surface area contributed by atoms with Gasteiger partial charge >= 0.3 is 5.97 Å². The monoisotopic (exact) mass is 245 g/mol. The number of carbonyl (C=O) groups excluding carboxylic acids is 1. The third-order valence-electron chi connectivity index (χ3n) is 3.10. The molecule has 1 saturated heterocycles. The van der Waals surface area contributed by atoms with E-state index in [2.05, 4.69) is 5.92 Å². The normalized spacial score (nSPS) is 25.1. The van der Waals surface area contributed by atoms with E-state index < -0.39 is 0 Å². The number of esters is 1. The minimum absolute atomic E-state index is 0.0133. The van der Waals surface area contributed by atoms with Gasteiger partial charge in [0, 0.05) is 0 Å². The Morgan fingerprint density at radius 1 is 1.39 bits per heavy atom. The van der Waals surface area contributed by atoms with Crippen LogP contribution in [0.5, 0.6) is 5.75 Å². The van der Waals surface area contributed by atoms with E-state index in [1.165, 1.54) is 7.11 Å². The molecule has 0 radical (unpaired) electrons. The minimum Gasteiger partial charge on any atom is -0.497 e. The number of benzene rings is 1. The van der Waals surface area contributed by atoms with Gasteiger partial charge in [-0.05, 0) is 17.7 Å². The first kappa shape index (κ1) is 12.5. The van der Waals surface area contributed by atoms with Crippen LogP contribution in [0.2, 0.25) is 0 Å². The van der Waals surface area contributed by atoms with Crippen molar-refractivity contribution in [3.63, 3.8) is 0 Å². The van der Waals surface area contributed by atoms with Crippen LogP contribution in [0, 0.1) is 12.3 Å². The summed E-state index contributed by atoms with van der Waals surface area (Å²) in [6.45, 7) is 0.441. The molecule has 18 heavy (non-hydrogen) atoms. The van der Waals surface area contributed by atoms with Crippen LogP contribution in [-0.2, 0) is 9.53 Å². The van der Waals surface area contributed by atoms with Gasteiger partial charge < -0.3 is 9.47 Å². The van der Waals surface area contributed by atoms with E-state index in [4.69, 9.17) is 15.9 Å². The van der Waals surface area contributed by atoms with E-state index in [0.29, 0.717) is 6.54 Å². The Morgan fingerprint density at radius 3 is 2.56 bits per heavy atom. The number of rotatable bonds is 4. The maximum absolute atomic E-state index is 11.6. The fraction of sp³-hybridized carbons (Fsp3) is 0.357. The first-order valence-electron chi connectivity index (χ1n) is 5.64. The summed E-state index contributed by atoms with van der Waals surface area (Å²) in [5.41, 5.74) is 1.04. The van der Waals surface area contributed by atoms with E-state index in [0.717, 1.165) is 11.3 Å². The van der Waals surface area contributed by atoms with Crippen molar-refractivity contribution >= 4 is 5.97 Å². The molecule has 0 aromatic heterocycles. The predicted octanol–water partition coefficient (Wildman–Crippen LogP) is 1.23. The van der Waals surface area contributed by atoms with E-state index in [1.807, 2.05) is 29.2 Å². The molecule has 0 N–H and O–H groups in total. The number of hydrogen-bond donors (Lipinski definition) is 0. The van der Waals surface area contributed by atoms with Gasteiger partial charge in [-0.3, -0.25) is 9.69 Å². The quantitative estimate of drug-likeness (QED) is 0.454. The summed E-state index contributed by atoms with van der Waals surface area (Å²) in [6.07, 6.45) is 5.30. The summed E-state index contributed by atoms with van der Waals surface area (Å²) in [7, 11) is 3.01. The fourth-order valence-corrected chi connectivity index (χ4v) is 2.14. The molecule has 1 fully saturated rings. The number of terminal acetylenes is 1. The predicted molar refractivity (Wildman–Crippen MR) is 67.1 cm³/mol. The van der Waals surface area contributed by atoms with Crippen molar-refractivity contribution in [2.24, 2.45) is 0 Å². The highest BCUT2D eigenvalue weighted by molar-refractivity contribution is 5.80. The fourth-order valence-electron chi connectivity index (χ4n) is 2.14. The molecule has 1 aromatic carbocycles. The van der Waals surface area contributed by atoms with Crippen molar-refractivity contribution in [3.8, 4) is 18.1 Å². The van der Waals surface area contributed by atoms with E-state index in [1.54, 1.807) is 7.11 Å². The van der Waals surface area contributed by atoms with Crippen LogP contribution in [0.25, 0.3) is 0 Å². The molecule has 1 aliphatic heterocycles. The number of nitrogens with zero attached hydrogens (tertiary/aromatic N) is 1. The standard InChI is InChI=1S/C14H15NO3/c1-4-9-15-12(13(15)14(16)18-3)10-5-7-11(17-2)8-6-10/h1,5-8,12-13H,9H2,2-3H3/t12-,13+,15?/m1/s1. The third kappa shape index (κ3) is 2.18. The smallest absolute Gasteiger partial charge is 0.325 e. The molecule has 1 aliphatic rings. The average Bonchev–Trinajstić information content (AvgIpc) is 3.12. The van der Waals surface area contributed by atoms with Crippen molar-refractivity contribution in [2.75, 3.05) is 20.8 Å². The molecular formula is C14H15NO3. The molecule has 94 valence electrons. The molecule has 0 bridgehead atoms. The lowest BCUT2D eigenvalue weighted by Crippen LogP contribution is -2.14. The van der Waals surface area contributed by atoms with Crippen LogP contribution in [0.4, 0.5) is 0 Å². The largest absolute Gasteiger partial charge is 0.497 e. The SMILES string of the molecule is C#CCN1[C@H](C(=O)OC)[C@H]1c1ccc(OC)cc1. The molecule has 2 rings (SSSR count). The van der Waals surface area contributed by atoms with Gasteiger partial charge in [0.2, 0.25) is 0 Å². The summed E-state index contributed by atoms with van der Waals surface area (Å²) in [5.74, 6) is 3.10.